The lowest BCUT2D eigenvalue weighted by Crippen LogP contribution is -2.32. The van der Waals surface area contributed by atoms with E-state index in [-0.39, 0.29) is 36.7 Å². The standard InChI is InChI=1S/C27H29F4N3O3/c1-37-26(36)19-6-2-18(3-7-19)15-33-25(35)22-16-34(13-11-28)24-23(22)20(10-12-32-24)14-17-4-8-21(9-5-17)27(29,30)31/h4-5,8-10,12,16,18-19H,2-3,6-7,11,13-15H2,1H3,(H,33,35). The molecule has 1 aliphatic carbocycles. The molecule has 0 saturated heterocycles. The average Bonchev–Trinajstić information content (AvgIpc) is 3.26. The van der Waals surface area contributed by atoms with Crippen LogP contribution in [0.3, 0.4) is 0 Å². The largest absolute Gasteiger partial charge is 0.469 e. The first-order valence-electron chi connectivity index (χ1n) is 12.3. The second-order valence-electron chi connectivity index (χ2n) is 9.42. The van der Waals surface area contributed by atoms with Crippen LogP contribution < -0.4 is 5.32 Å². The highest BCUT2D eigenvalue weighted by atomic mass is 19.4. The number of nitrogens with one attached hydrogen (secondary N) is 1. The highest BCUT2D eigenvalue weighted by Crippen LogP contribution is 2.31. The van der Waals surface area contributed by atoms with Gasteiger partial charge in [0.25, 0.3) is 5.91 Å². The molecule has 198 valence electrons. The Morgan fingerprint density at radius 2 is 1.81 bits per heavy atom. The number of halogens is 4. The molecule has 1 aromatic carbocycles. The normalized spacial score (nSPS) is 18.1. The molecule has 0 spiro atoms. The Balaban J connectivity index is 1.54. The Kier molecular flexibility index (Phi) is 8.14. The van der Waals surface area contributed by atoms with Crippen LogP contribution in [-0.4, -0.2) is 41.8 Å². The average molecular weight is 520 g/mol. The molecule has 1 saturated carbocycles. The summed E-state index contributed by atoms with van der Waals surface area (Å²) in [7, 11) is 1.38. The monoisotopic (exact) mass is 519 g/mol. The maximum absolute atomic E-state index is 13.3. The molecule has 0 aliphatic heterocycles. The summed E-state index contributed by atoms with van der Waals surface area (Å²) in [5, 5.41) is 3.53. The predicted molar refractivity (Wildman–Crippen MR) is 130 cm³/mol. The quantitative estimate of drug-likeness (QED) is 0.323. The molecular weight excluding hydrogens is 490 g/mol. The van der Waals surface area contributed by atoms with E-state index in [9.17, 15) is 27.2 Å². The summed E-state index contributed by atoms with van der Waals surface area (Å²) in [5.41, 5.74) is 1.43. The van der Waals surface area contributed by atoms with Crippen LogP contribution in [0.2, 0.25) is 0 Å². The molecule has 10 heteroatoms. The molecule has 0 bridgehead atoms. The fraction of sp³-hybridized carbons (Fsp3) is 0.444. The molecular formula is C27H29F4N3O3. The van der Waals surface area contributed by atoms with Crippen molar-refractivity contribution in [2.24, 2.45) is 11.8 Å². The summed E-state index contributed by atoms with van der Waals surface area (Å²) in [6, 6.07) is 6.62. The molecule has 1 N–H and O–H groups in total. The van der Waals surface area contributed by atoms with E-state index < -0.39 is 18.4 Å². The van der Waals surface area contributed by atoms with Crippen molar-refractivity contribution in [2.75, 3.05) is 20.3 Å². The summed E-state index contributed by atoms with van der Waals surface area (Å²) in [6.07, 6.45) is 2.02. The molecule has 1 fully saturated rings. The van der Waals surface area contributed by atoms with Crippen LogP contribution in [0.1, 0.15) is 52.7 Å². The van der Waals surface area contributed by atoms with E-state index >= 15 is 0 Å². The number of hydrogen-bond acceptors (Lipinski definition) is 4. The minimum Gasteiger partial charge on any atom is -0.469 e. The molecule has 37 heavy (non-hydrogen) atoms. The van der Waals surface area contributed by atoms with Gasteiger partial charge in [0, 0.05) is 24.3 Å². The number of alkyl halides is 4. The minimum atomic E-state index is -4.42. The van der Waals surface area contributed by atoms with E-state index in [2.05, 4.69) is 10.3 Å². The number of carbonyl (C=O) groups excluding carboxylic acids is 2. The summed E-state index contributed by atoms with van der Waals surface area (Å²) in [6.45, 7) is -0.172. The lowest BCUT2D eigenvalue weighted by molar-refractivity contribution is -0.146. The molecule has 1 aliphatic rings. The van der Waals surface area contributed by atoms with Crippen LogP contribution in [0.25, 0.3) is 11.0 Å². The van der Waals surface area contributed by atoms with Crippen molar-refractivity contribution < 1.29 is 31.9 Å². The maximum Gasteiger partial charge on any atom is 0.416 e. The molecule has 3 aromatic rings. The van der Waals surface area contributed by atoms with Gasteiger partial charge in [0.05, 0.1) is 30.7 Å². The van der Waals surface area contributed by atoms with E-state index in [0.29, 0.717) is 47.1 Å². The van der Waals surface area contributed by atoms with Crippen LogP contribution in [0.5, 0.6) is 0 Å². The Hall–Kier alpha value is -3.43. The number of carbonyl (C=O) groups is 2. The van der Waals surface area contributed by atoms with Gasteiger partial charge in [0.2, 0.25) is 0 Å². The number of aryl methyl sites for hydroxylation is 1. The minimum absolute atomic E-state index is 0.0258. The molecule has 0 radical (unpaired) electrons. The van der Waals surface area contributed by atoms with Gasteiger partial charge in [-0.15, -0.1) is 0 Å². The SMILES string of the molecule is COC(=O)C1CCC(CNC(=O)c2cn(CCF)c3nccc(Cc4ccc(C(F)(F)F)cc4)c23)CC1. The lowest BCUT2D eigenvalue weighted by atomic mass is 9.82. The van der Waals surface area contributed by atoms with Crippen molar-refractivity contribution in [2.45, 2.75) is 44.8 Å². The van der Waals surface area contributed by atoms with E-state index in [4.69, 9.17) is 4.74 Å². The predicted octanol–water partition coefficient (Wildman–Crippen LogP) is 5.32. The summed E-state index contributed by atoms with van der Waals surface area (Å²) >= 11 is 0. The van der Waals surface area contributed by atoms with E-state index in [1.807, 2.05) is 0 Å². The number of nitrogens with zero attached hydrogens (tertiary/aromatic N) is 2. The van der Waals surface area contributed by atoms with E-state index in [1.54, 1.807) is 23.0 Å². The first-order chi connectivity index (χ1) is 17.7. The zero-order valence-corrected chi connectivity index (χ0v) is 20.5. The van der Waals surface area contributed by atoms with Gasteiger partial charge in [-0.2, -0.15) is 13.2 Å². The molecule has 0 atom stereocenters. The molecule has 0 unspecified atom stereocenters. The molecule has 4 rings (SSSR count). The second kappa shape index (κ2) is 11.3. The van der Waals surface area contributed by atoms with Crippen LogP contribution in [-0.2, 0) is 28.7 Å². The topological polar surface area (TPSA) is 73.2 Å². The zero-order chi connectivity index (χ0) is 26.6. The third-order valence-corrected chi connectivity index (χ3v) is 7.02. The number of benzene rings is 1. The smallest absolute Gasteiger partial charge is 0.416 e. The molecule has 1 amide bonds. The van der Waals surface area contributed by atoms with Gasteiger partial charge >= 0.3 is 12.1 Å². The van der Waals surface area contributed by atoms with E-state index in [1.165, 1.54) is 19.2 Å². The van der Waals surface area contributed by atoms with Crippen LogP contribution in [0, 0.1) is 11.8 Å². The number of aromatic nitrogens is 2. The Morgan fingerprint density at radius 1 is 1.11 bits per heavy atom. The Bertz CT molecular complexity index is 1250. The number of amides is 1. The Labute approximate surface area is 212 Å². The van der Waals surface area contributed by atoms with Gasteiger partial charge in [-0.3, -0.25) is 9.59 Å². The van der Waals surface area contributed by atoms with Gasteiger partial charge in [-0.05, 0) is 67.3 Å². The third-order valence-electron chi connectivity index (χ3n) is 7.02. The number of rotatable bonds is 8. The van der Waals surface area contributed by atoms with Crippen molar-refractivity contribution in [1.82, 2.24) is 14.9 Å². The molecule has 2 heterocycles. The number of hydrogen-bond donors (Lipinski definition) is 1. The number of fused-ring (bicyclic) bond motifs is 1. The van der Waals surface area contributed by atoms with Crippen molar-refractivity contribution in [3.8, 4) is 0 Å². The highest BCUT2D eigenvalue weighted by Gasteiger charge is 2.30. The van der Waals surface area contributed by atoms with Crippen molar-refractivity contribution >= 4 is 22.9 Å². The van der Waals surface area contributed by atoms with Gasteiger partial charge < -0.3 is 14.6 Å². The number of methoxy groups -OCH3 is 1. The summed E-state index contributed by atoms with van der Waals surface area (Å²) in [5.74, 6) is -0.390. The lowest BCUT2D eigenvalue weighted by Gasteiger charge is -2.26. The van der Waals surface area contributed by atoms with Gasteiger partial charge in [-0.1, -0.05) is 12.1 Å². The zero-order valence-electron chi connectivity index (χ0n) is 20.5. The van der Waals surface area contributed by atoms with Gasteiger partial charge in [-0.25, -0.2) is 9.37 Å². The van der Waals surface area contributed by atoms with Crippen LogP contribution >= 0.6 is 0 Å². The van der Waals surface area contributed by atoms with Crippen molar-refractivity contribution in [1.29, 1.82) is 0 Å². The molecule has 2 aromatic heterocycles. The van der Waals surface area contributed by atoms with Crippen LogP contribution in [0.15, 0.2) is 42.7 Å². The van der Waals surface area contributed by atoms with Gasteiger partial charge in [0.1, 0.15) is 12.3 Å². The summed E-state index contributed by atoms with van der Waals surface area (Å²) in [4.78, 5) is 29.4. The number of pyridine rings is 1. The number of ether oxygens (including phenoxy) is 1. The highest BCUT2D eigenvalue weighted by molar-refractivity contribution is 6.07. The Morgan fingerprint density at radius 3 is 2.43 bits per heavy atom. The van der Waals surface area contributed by atoms with Crippen LogP contribution in [0.4, 0.5) is 17.6 Å². The summed E-state index contributed by atoms with van der Waals surface area (Å²) < 4.78 is 58.5. The fourth-order valence-electron chi connectivity index (χ4n) is 5.00. The first-order valence-corrected chi connectivity index (χ1v) is 12.3. The van der Waals surface area contributed by atoms with Gasteiger partial charge in [0.15, 0.2) is 0 Å². The van der Waals surface area contributed by atoms with Crippen molar-refractivity contribution in [3.63, 3.8) is 0 Å². The molecule has 6 nitrogen and oxygen atoms in total. The third kappa shape index (κ3) is 6.11. The maximum atomic E-state index is 13.3. The first kappa shape index (κ1) is 26.6. The van der Waals surface area contributed by atoms with Crippen molar-refractivity contribution in [3.05, 3.63) is 65.0 Å². The fourth-order valence-corrected chi connectivity index (χ4v) is 5.00. The number of esters is 1. The van der Waals surface area contributed by atoms with E-state index in [0.717, 1.165) is 25.0 Å². The second-order valence-corrected chi connectivity index (χ2v) is 9.42.